The van der Waals surface area contributed by atoms with Crippen LogP contribution in [0.5, 0.6) is 0 Å². The summed E-state index contributed by atoms with van der Waals surface area (Å²) in [5.41, 5.74) is 0. The second-order valence-corrected chi connectivity index (χ2v) is 7.12. The van der Waals surface area contributed by atoms with Gasteiger partial charge in [0.05, 0.1) is 17.9 Å². The van der Waals surface area contributed by atoms with Crippen molar-refractivity contribution in [3.05, 3.63) is 0 Å². The van der Waals surface area contributed by atoms with Gasteiger partial charge in [-0.1, -0.05) is 13.3 Å². The number of nitrogens with zero attached hydrogens (tertiary/aromatic N) is 1. The molecule has 0 radical (unpaired) electrons. The van der Waals surface area contributed by atoms with Crippen LogP contribution in [-0.2, 0) is 19.4 Å². The van der Waals surface area contributed by atoms with Crippen LogP contribution in [0.4, 0.5) is 0 Å². The van der Waals surface area contributed by atoms with Gasteiger partial charge in [-0.15, -0.1) is 0 Å². The number of carboxylic acid groups (broad SMARTS) is 1. The van der Waals surface area contributed by atoms with Crippen LogP contribution < -0.4 is 0 Å². The fraction of sp³-hybridized carbons (Fsp3) is 0.833. The predicted molar refractivity (Wildman–Crippen MR) is 70.5 cm³/mol. The first-order valence-electron chi connectivity index (χ1n) is 6.57. The Labute approximate surface area is 113 Å². The summed E-state index contributed by atoms with van der Waals surface area (Å²) in [5.74, 6) is -1.14. The first kappa shape index (κ1) is 15.9. The zero-order valence-corrected chi connectivity index (χ0v) is 12.0. The van der Waals surface area contributed by atoms with Gasteiger partial charge < -0.3 is 10.0 Å². The lowest BCUT2D eigenvalue weighted by Gasteiger charge is -2.28. The van der Waals surface area contributed by atoms with Gasteiger partial charge in [-0.05, 0) is 12.8 Å². The summed E-state index contributed by atoms with van der Waals surface area (Å²) in [7, 11) is -3.04. The average molecular weight is 291 g/mol. The van der Waals surface area contributed by atoms with Crippen molar-refractivity contribution in [2.75, 3.05) is 18.1 Å². The minimum Gasteiger partial charge on any atom is -0.481 e. The molecule has 0 aromatic heterocycles. The third-order valence-corrected chi connectivity index (χ3v) is 5.03. The quantitative estimate of drug-likeness (QED) is 0.744. The SMILES string of the molecule is CCCCN(C(=O)CCC(=O)O)C1CCS(=O)(=O)C1. The van der Waals surface area contributed by atoms with Crippen molar-refractivity contribution in [3.8, 4) is 0 Å². The smallest absolute Gasteiger partial charge is 0.303 e. The Morgan fingerprint density at radius 1 is 1.32 bits per heavy atom. The number of aliphatic carboxylic acids is 1. The maximum Gasteiger partial charge on any atom is 0.303 e. The molecule has 1 fully saturated rings. The molecule has 0 spiro atoms. The summed E-state index contributed by atoms with van der Waals surface area (Å²) in [6.07, 6.45) is 1.90. The standard InChI is InChI=1S/C12H21NO5S/c1-2-3-7-13(11(14)4-5-12(15)16)10-6-8-19(17,18)9-10/h10H,2-9H2,1H3,(H,15,16). The number of carboxylic acids is 1. The minimum atomic E-state index is -3.04. The molecule has 6 nitrogen and oxygen atoms in total. The van der Waals surface area contributed by atoms with Crippen LogP contribution in [0.3, 0.4) is 0 Å². The molecule has 1 unspecified atom stereocenters. The van der Waals surface area contributed by atoms with Crippen LogP contribution in [0.1, 0.15) is 39.0 Å². The van der Waals surface area contributed by atoms with Gasteiger partial charge in [-0.2, -0.15) is 0 Å². The van der Waals surface area contributed by atoms with Crippen LogP contribution >= 0.6 is 0 Å². The maximum absolute atomic E-state index is 12.0. The van der Waals surface area contributed by atoms with E-state index in [9.17, 15) is 18.0 Å². The molecule has 1 aliphatic rings. The molecule has 110 valence electrons. The Morgan fingerprint density at radius 2 is 2.00 bits per heavy atom. The van der Waals surface area contributed by atoms with Crippen LogP contribution in [0.25, 0.3) is 0 Å². The monoisotopic (exact) mass is 291 g/mol. The largest absolute Gasteiger partial charge is 0.481 e. The molecular weight excluding hydrogens is 270 g/mol. The maximum atomic E-state index is 12.0. The number of sulfone groups is 1. The molecule has 19 heavy (non-hydrogen) atoms. The van der Waals surface area contributed by atoms with E-state index in [1.54, 1.807) is 4.90 Å². The second kappa shape index (κ2) is 6.88. The van der Waals surface area contributed by atoms with Gasteiger partial charge in [0.15, 0.2) is 9.84 Å². The van der Waals surface area contributed by atoms with Crippen molar-refractivity contribution in [1.82, 2.24) is 4.90 Å². The number of unbranched alkanes of at least 4 members (excludes halogenated alkanes) is 1. The summed E-state index contributed by atoms with van der Waals surface area (Å²) in [5, 5.41) is 8.60. The lowest BCUT2D eigenvalue weighted by molar-refractivity contribution is -0.141. The van der Waals surface area contributed by atoms with E-state index >= 15 is 0 Å². The lowest BCUT2D eigenvalue weighted by atomic mass is 10.1. The van der Waals surface area contributed by atoms with E-state index in [4.69, 9.17) is 5.11 Å². The van der Waals surface area contributed by atoms with Crippen molar-refractivity contribution in [1.29, 1.82) is 0 Å². The summed E-state index contributed by atoms with van der Waals surface area (Å²) in [6, 6.07) is -0.280. The van der Waals surface area contributed by atoms with Crippen molar-refractivity contribution >= 4 is 21.7 Å². The number of rotatable bonds is 7. The Hall–Kier alpha value is -1.11. The molecule has 0 bridgehead atoms. The van der Waals surface area contributed by atoms with Gasteiger partial charge in [-0.3, -0.25) is 9.59 Å². The number of carbonyl (C=O) groups is 2. The first-order chi connectivity index (χ1) is 8.85. The lowest BCUT2D eigenvalue weighted by Crippen LogP contribution is -2.41. The number of hydrogen-bond donors (Lipinski definition) is 1. The van der Waals surface area contributed by atoms with E-state index < -0.39 is 15.8 Å². The summed E-state index contributed by atoms with van der Waals surface area (Å²) in [6.45, 7) is 2.50. The van der Waals surface area contributed by atoms with Crippen molar-refractivity contribution in [2.24, 2.45) is 0 Å². The van der Waals surface area contributed by atoms with Gasteiger partial charge in [0.2, 0.25) is 5.91 Å². The van der Waals surface area contributed by atoms with Gasteiger partial charge in [-0.25, -0.2) is 8.42 Å². The normalized spacial score (nSPS) is 21.2. The molecule has 0 aromatic rings. The van der Waals surface area contributed by atoms with Gasteiger partial charge in [0, 0.05) is 19.0 Å². The Bertz CT molecular complexity index is 431. The number of carbonyl (C=O) groups excluding carboxylic acids is 1. The molecule has 1 aliphatic heterocycles. The van der Waals surface area contributed by atoms with E-state index in [1.165, 1.54) is 0 Å². The fourth-order valence-corrected chi connectivity index (χ4v) is 3.95. The number of hydrogen-bond acceptors (Lipinski definition) is 4. The first-order valence-corrected chi connectivity index (χ1v) is 8.39. The highest BCUT2D eigenvalue weighted by Gasteiger charge is 2.34. The van der Waals surface area contributed by atoms with Gasteiger partial charge >= 0.3 is 5.97 Å². The van der Waals surface area contributed by atoms with E-state index in [-0.39, 0.29) is 36.3 Å². The molecule has 7 heteroatoms. The third-order valence-electron chi connectivity index (χ3n) is 3.27. The molecule has 1 saturated heterocycles. The van der Waals surface area contributed by atoms with E-state index in [0.717, 1.165) is 12.8 Å². The highest BCUT2D eigenvalue weighted by atomic mass is 32.2. The average Bonchev–Trinajstić information content (AvgIpc) is 2.67. The third kappa shape index (κ3) is 5.18. The fourth-order valence-electron chi connectivity index (χ4n) is 2.22. The van der Waals surface area contributed by atoms with Crippen molar-refractivity contribution in [3.63, 3.8) is 0 Å². The minimum absolute atomic E-state index is 0.00945. The molecule has 1 rings (SSSR count). The second-order valence-electron chi connectivity index (χ2n) is 4.89. The highest BCUT2D eigenvalue weighted by molar-refractivity contribution is 7.91. The molecule has 0 saturated carbocycles. The zero-order valence-electron chi connectivity index (χ0n) is 11.2. The van der Waals surface area contributed by atoms with Crippen LogP contribution in [0, 0.1) is 0 Å². The summed E-state index contributed by atoms with van der Waals surface area (Å²) < 4.78 is 23.0. The summed E-state index contributed by atoms with van der Waals surface area (Å²) in [4.78, 5) is 24.1. The van der Waals surface area contributed by atoms with E-state index in [2.05, 4.69) is 0 Å². The molecular formula is C12H21NO5S. The molecule has 0 aromatic carbocycles. The summed E-state index contributed by atoms with van der Waals surface area (Å²) >= 11 is 0. The van der Waals surface area contributed by atoms with Gasteiger partial charge in [0.25, 0.3) is 0 Å². The number of amides is 1. The van der Waals surface area contributed by atoms with E-state index in [0.29, 0.717) is 13.0 Å². The Balaban J connectivity index is 2.66. The molecule has 0 aliphatic carbocycles. The van der Waals surface area contributed by atoms with Crippen molar-refractivity contribution < 1.29 is 23.1 Å². The Morgan fingerprint density at radius 3 is 2.47 bits per heavy atom. The van der Waals surface area contributed by atoms with Gasteiger partial charge in [0.1, 0.15) is 0 Å². The molecule has 1 N–H and O–H groups in total. The van der Waals surface area contributed by atoms with Crippen LogP contribution in [0.2, 0.25) is 0 Å². The Kier molecular flexibility index (Phi) is 5.78. The van der Waals surface area contributed by atoms with Crippen molar-refractivity contribution in [2.45, 2.75) is 45.1 Å². The highest BCUT2D eigenvalue weighted by Crippen LogP contribution is 2.19. The predicted octanol–water partition coefficient (Wildman–Crippen LogP) is 0.667. The molecule has 1 heterocycles. The van der Waals surface area contributed by atoms with E-state index in [1.807, 2.05) is 6.92 Å². The van der Waals surface area contributed by atoms with Crippen LogP contribution in [0.15, 0.2) is 0 Å². The molecule has 1 atom stereocenters. The zero-order chi connectivity index (χ0) is 14.5. The topological polar surface area (TPSA) is 91.8 Å². The van der Waals surface area contributed by atoms with Crippen LogP contribution in [-0.4, -0.2) is 54.4 Å². The molecule has 1 amide bonds.